The normalized spacial score (nSPS) is 13.2. The molecule has 4 nitrogen and oxygen atoms in total. The fourth-order valence-corrected chi connectivity index (χ4v) is 2.51. The summed E-state index contributed by atoms with van der Waals surface area (Å²) in [5, 5.41) is 0. The number of hydrogen-bond donors (Lipinski definition) is 1. The molecule has 0 radical (unpaired) electrons. The van der Waals surface area contributed by atoms with Crippen molar-refractivity contribution in [3.8, 4) is 5.75 Å². The van der Waals surface area contributed by atoms with Crippen molar-refractivity contribution in [3.05, 3.63) is 29.8 Å². The standard InChI is InChI=1S/C14H22O4S/c1-3-5-8-12(4-2)11-13-9-6-7-10-14(13)18-19(15,16)17/h6-7,9-10,12H,3-5,8,11H2,1-2H3,(H,15,16,17). The molecule has 0 fully saturated rings. The molecule has 5 heteroatoms. The highest BCUT2D eigenvalue weighted by atomic mass is 32.3. The molecule has 0 saturated carbocycles. The van der Waals surface area contributed by atoms with Crippen LogP contribution in [-0.4, -0.2) is 13.0 Å². The predicted octanol–water partition coefficient (Wildman–Crippen LogP) is 3.63. The van der Waals surface area contributed by atoms with E-state index in [4.69, 9.17) is 4.55 Å². The number of unbranched alkanes of at least 4 members (excludes halogenated alkanes) is 1. The summed E-state index contributed by atoms with van der Waals surface area (Å²) in [6.07, 6.45) is 5.25. The zero-order chi connectivity index (χ0) is 14.3. The van der Waals surface area contributed by atoms with Gasteiger partial charge in [-0.05, 0) is 24.0 Å². The van der Waals surface area contributed by atoms with Crippen LogP contribution >= 0.6 is 0 Å². The van der Waals surface area contributed by atoms with Crippen LogP contribution < -0.4 is 4.18 Å². The molecular formula is C14H22O4S. The summed E-state index contributed by atoms with van der Waals surface area (Å²) in [7, 11) is -4.46. The summed E-state index contributed by atoms with van der Waals surface area (Å²) in [6, 6.07) is 6.94. The van der Waals surface area contributed by atoms with Gasteiger partial charge in [-0.15, -0.1) is 0 Å². The summed E-state index contributed by atoms with van der Waals surface area (Å²) in [4.78, 5) is 0. The largest absolute Gasteiger partial charge is 0.446 e. The van der Waals surface area contributed by atoms with Crippen molar-refractivity contribution in [2.75, 3.05) is 0 Å². The summed E-state index contributed by atoms with van der Waals surface area (Å²) in [5.74, 6) is 0.728. The van der Waals surface area contributed by atoms with Gasteiger partial charge in [-0.2, -0.15) is 8.42 Å². The third kappa shape index (κ3) is 6.07. The smallest absolute Gasteiger partial charge is 0.362 e. The van der Waals surface area contributed by atoms with Gasteiger partial charge in [0.2, 0.25) is 0 Å². The lowest BCUT2D eigenvalue weighted by Gasteiger charge is -2.16. The van der Waals surface area contributed by atoms with Gasteiger partial charge in [0.1, 0.15) is 5.75 Å². The maximum Gasteiger partial charge on any atom is 0.446 e. The molecule has 0 amide bonds. The predicted molar refractivity (Wildman–Crippen MR) is 75.6 cm³/mol. The van der Waals surface area contributed by atoms with Crippen LogP contribution in [0, 0.1) is 5.92 Å². The summed E-state index contributed by atoms with van der Waals surface area (Å²) in [5.41, 5.74) is 0.822. The number of benzene rings is 1. The molecule has 0 heterocycles. The molecule has 0 aliphatic heterocycles. The molecule has 1 N–H and O–H groups in total. The van der Waals surface area contributed by atoms with E-state index in [1.807, 2.05) is 12.1 Å². The van der Waals surface area contributed by atoms with Crippen LogP contribution in [0.25, 0.3) is 0 Å². The third-order valence-electron chi connectivity index (χ3n) is 3.22. The molecule has 0 aliphatic carbocycles. The van der Waals surface area contributed by atoms with Crippen LogP contribution in [0.4, 0.5) is 0 Å². The van der Waals surface area contributed by atoms with E-state index >= 15 is 0 Å². The maximum absolute atomic E-state index is 10.8. The van der Waals surface area contributed by atoms with Crippen LogP contribution in [0.5, 0.6) is 5.75 Å². The van der Waals surface area contributed by atoms with E-state index in [2.05, 4.69) is 18.0 Å². The lowest BCUT2D eigenvalue weighted by molar-refractivity contribution is 0.381. The second kappa shape index (κ2) is 7.50. The van der Waals surface area contributed by atoms with Crippen molar-refractivity contribution in [1.82, 2.24) is 0 Å². The van der Waals surface area contributed by atoms with Crippen LogP contribution in [0.1, 0.15) is 45.1 Å². The maximum atomic E-state index is 10.8. The topological polar surface area (TPSA) is 63.6 Å². The van der Waals surface area contributed by atoms with E-state index in [0.717, 1.165) is 31.2 Å². The highest BCUT2D eigenvalue weighted by molar-refractivity contribution is 7.81. The fourth-order valence-electron chi connectivity index (χ4n) is 2.12. The minimum Gasteiger partial charge on any atom is -0.362 e. The minimum absolute atomic E-state index is 0.222. The van der Waals surface area contributed by atoms with Gasteiger partial charge in [0.05, 0.1) is 0 Å². The molecular weight excluding hydrogens is 264 g/mol. The van der Waals surface area contributed by atoms with Crippen molar-refractivity contribution in [3.63, 3.8) is 0 Å². The first-order valence-corrected chi connectivity index (χ1v) is 8.07. The Morgan fingerprint density at radius 1 is 1.26 bits per heavy atom. The second-order valence-electron chi connectivity index (χ2n) is 4.74. The molecule has 1 aromatic rings. The van der Waals surface area contributed by atoms with Gasteiger partial charge in [0.25, 0.3) is 0 Å². The Morgan fingerprint density at radius 3 is 2.53 bits per heavy atom. The zero-order valence-corrected chi connectivity index (χ0v) is 12.3. The molecule has 0 spiro atoms. The molecule has 0 aromatic heterocycles. The van der Waals surface area contributed by atoms with Gasteiger partial charge >= 0.3 is 10.4 Å². The molecule has 1 atom stereocenters. The Kier molecular flexibility index (Phi) is 6.31. The average molecular weight is 286 g/mol. The Labute approximate surface area is 115 Å². The van der Waals surface area contributed by atoms with Crippen LogP contribution in [0.2, 0.25) is 0 Å². The van der Waals surface area contributed by atoms with Gasteiger partial charge < -0.3 is 4.18 Å². The first-order chi connectivity index (χ1) is 8.96. The molecule has 0 saturated heterocycles. The average Bonchev–Trinajstić information content (AvgIpc) is 2.34. The number of rotatable bonds is 8. The fraction of sp³-hybridized carbons (Fsp3) is 0.571. The summed E-state index contributed by atoms with van der Waals surface area (Å²) in [6.45, 7) is 4.29. The van der Waals surface area contributed by atoms with Gasteiger partial charge in [-0.1, -0.05) is 57.7 Å². The molecule has 19 heavy (non-hydrogen) atoms. The van der Waals surface area contributed by atoms with Crippen molar-refractivity contribution >= 4 is 10.4 Å². The number of para-hydroxylation sites is 1. The lowest BCUT2D eigenvalue weighted by atomic mass is 9.92. The minimum atomic E-state index is -4.46. The van der Waals surface area contributed by atoms with E-state index < -0.39 is 10.4 Å². The molecule has 1 rings (SSSR count). The van der Waals surface area contributed by atoms with Crippen LogP contribution in [0.15, 0.2) is 24.3 Å². The van der Waals surface area contributed by atoms with E-state index in [0.29, 0.717) is 5.92 Å². The molecule has 1 aromatic carbocycles. The van der Waals surface area contributed by atoms with Crippen LogP contribution in [-0.2, 0) is 16.8 Å². The first kappa shape index (κ1) is 16.0. The highest BCUT2D eigenvalue weighted by Crippen LogP contribution is 2.26. The Balaban J connectivity index is 2.81. The van der Waals surface area contributed by atoms with Crippen molar-refractivity contribution < 1.29 is 17.2 Å². The van der Waals surface area contributed by atoms with Crippen molar-refractivity contribution in [2.45, 2.75) is 46.0 Å². The van der Waals surface area contributed by atoms with Gasteiger partial charge in [0, 0.05) is 0 Å². The number of hydrogen-bond acceptors (Lipinski definition) is 3. The van der Waals surface area contributed by atoms with E-state index in [1.165, 1.54) is 6.42 Å². The second-order valence-corrected chi connectivity index (χ2v) is 5.76. The Bertz CT molecular complexity index is 482. The first-order valence-electron chi connectivity index (χ1n) is 6.71. The van der Waals surface area contributed by atoms with E-state index in [1.54, 1.807) is 12.1 Å². The van der Waals surface area contributed by atoms with Gasteiger partial charge in [-0.3, -0.25) is 4.55 Å². The summed E-state index contributed by atoms with van der Waals surface area (Å²) < 4.78 is 35.0. The van der Waals surface area contributed by atoms with Crippen molar-refractivity contribution in [2.24, 2.45) is 5.92 Å². The quantitative estimate of drug-likeness (QED) is 0.741. The lowest BCUT2D eigenvalue weighted by Crippen LogP contribution is -2.10. The Morgan fingerprint density at radius 2 is 1.95 bits per heavy atom. The van der Waals surface area contributed by atoms with Gasteiger partial charge in [0.15, 0.2) is 0 Å². The van der Waals surface area contributed by atoms with E-state index in [9.17, 15) is 8.42 Å². The summed E-state index contributed by atoms with van der Waals surface area (Å²) >= 11 is 0. The molecule has 0 bridgehead atoms. The molecule has 108 valence electrons. The monoisotopic (exact) mass is 286 g/mol. The van der Waals surface area contributed by atoms with E-state index in [-0.39, 0.29) is 5.75 Å². The Hall–Kier alpha value is -1.07. The van der Waals surface area contributed by atoms with Crippen LogP contribution in [0.3, 0.4) is 0 Å². The van der Waals surface area contributed by atoms with Gasteiger partial charge in [-0.25, -0.2) is 0 Å². The highest BCUT2D eigenvalue weighted by Gasteiger charge is 2.14. The SMILES string of the molecule is CCCCC(CC)Cc1ccccc1OS(=O)(=O)O. The zero-order valence-electron chi connectivity index (χ0n) is 11.5. The molecule has 1 unspecified atom stereocenters. The third-order valence-corrected chi connectivity index (χ3v) is 3.61. The van der Waals surface area contributed by atoms with Crippen molar-refractivity contribution in [1.29, 1.82) is 0 Å². The molecule has 0 aliphatic rings.